The summed E-state index contributed by atoms with van der Waals surface area (Å²) in [6, 6.07) is -0.339. The predicted octanol–water partition coefficient (Wildman–Crippen LogP) is 0.534. The van der Waals surface area contributed by atoms with Gasteiger partial charge in [-0.2, -0.15) is 5.10 Å². The van der Waals surface area contributed by atoms with E-state index in [1.807, 2.05) is 18.5 Å². The van der Waals surface area contributed by atoms with E-state index >= 15 is 0 Å². The summed E-state index contributed by atoms with van der Waals surface area (Å²) in [6.07, 6.45) is 1.54. The Bertz CT molecular complexity index is 386. The first-order chi connectivity index (χ1) is 8.41. The molecule has 0 spiro atoms. The van der Waals surface area contributed by atoms with Gasteiger partial charge >= 0.3 is 0 Å². The van der Waals surface area contributed by atoms with Crippen LogP contribution in [0.15, 0.2) is 6.33 Å². The van der Waals surface area contributed by atoms with Crippen LogP contribution >= 0.6 is 0 Å². The summed E-state index contributed by atoms with van der Waals surface area (Å²) >= 11 is 0. The SMILES string of the molecule is CC(C)Cn1ncnc1CNC(C(N)=O)C(C)C. The van der Waals surface area contributed by atoms with Crippen molar-refractivity contribution in [3.8, 4) is 0 Å². The van der Waals surface area contributed by atoms with Crippen molar-refractivity contribution < 1.29 is 4.79 Å². The Morgan fingerprint density at radius 2 is 2.11 bits per heavy atom. The minimum atomic E-state index is -0.339. The van der Waals surface area contributed by atoms with E-state index in [-0.39, 0.29) is 17.9 Å². The molecule has 0 fully saturated rings. The molecule has 1 amide bonds. The smallest absolute Gasteiger partial charge is 0.234 e. The number of nitrogens with two attached hydrogens (primary N) is 1. The number of carbonyl (C=O) groups is 1. The number of rotatable bonds is 7. The third-order valence-corrected chi connectivity index (χ3v) is 2.69. The maximum Gasteiger partial charge on any atom is 0.234 e. The van der Waals surface area contributed by atoms with Gasteiger partial charge in [0.05, 0.1) is 12.6 Å². The maximum absolute atomic E-state index is 11.3. The highest BCUT2D eigenvalue weighted by molar-refractivity contribution is 5.80. The Hall–Kier alpha value is -1.43. The Morgan fingerprint density at radius 1 is 1.44 bits per heavy atom. The Kier molecular flexibility index (Phi) is 5.27. The molecule has 1 aromatic rings. The predicted molar refractivity (Wildman–Crippen MR) is 69.5 cm³/mol. The Morgan fingerprint density at radius 3 is 2.61 bits per heavy atom. The molecule has 0 aliphatic rings. The van der Waals surface area contributed by atoms with E-state index in [1.54, 1.807) is 0 Å². The van der Waals surface area contributed by atoms with E-state index in [0.29, 0.717) is 12.5 Å². The van der Waals surface area contributed by atoms with Crippen molar-refractivity contribution in [2.24, 2.45) is 17.6 Å². The molecule has 0 radical (unpaired) electrons. The molecule has 0 aliphatic heterocycles. The van der Waals surface area contributed by atoms with Gasteiger partial charge in [-0.1, -0.05) is 27.7 Å². The van der Waals surface area contributed by atoms with Crippen molar-refractivity contribution in [2.45, 2.75) is 46.8 Å². The van der Waals surface area contributed by atoms with Gasteiger partial charge in [-0.15, -0.1) is 0 Å². The fraction of sp³-hybridized carbons (Fsp3) is 0.750. The summed E-state index contributed by atoms with van der Waals surface area (Å²) in [5.41, 5.74) is 5.35. The van der Waals surface area contributed by atoms with Crippen molar-refractivity contribution in [1.29, 1.82) is 0 Å². The van der Waals surface area contributed by atoms with Crippen molar-refractivity contribution >= 4 is 5.91 Å². The standard InChI is InChI=1S/C12H23N5O/c1-8(2)6-17-10(15-7-16-17)5-14-11(9(3)4)12(13)18/h7-9,11,14H,5-6H2,1-4H3,(H2,13,18). The molecular weight excluding hydrogens is 230 g/mol. The van der Waals surface area contributed by atoms with Crippen LogP contribution in [0.5, 0.6) is 0 Å². The van der Waals surface area contributed by atoms with Gasteiger partial charge < -0.3 is 5.73 Å². The average Bonchev–Trinajstić information content (AvgIpc) is 2.64. The molecule has 102 valence electrons. The molecule has 1 rings (SSSR count). The molecule has 1 heterocycles. The molecule has 0 aromatic carbocycles. The quantitative estimate of drug-likeness (QED) is 0.742. The second-order valence-electron chi connectivity index (χ2n) is 5.26. The minimum Gasteiger partial charge on any atom is -0.368 e. The molecule has 0 saturated heterocycles. The van der Waals surface area contributed by atoms with Crippen LogP contribution in [0, 0.1) is 11.8 Å². The van der Waals surface area contributed by atoms with Crippen LogP contribution in [-0.2, 0) is 17.9 Å². The highest BCUT2D eigenvalue weighted by atomic mass is 16.1. The third-order valence-electron chi connectivity index (χ3n) is 2.69. The van der Waals surface area contributed by atoms with Gasteiger partial charge in [-0.3, -0.25) is 10.1 Å². The summed E-state index contributed by atoms with van der Waals surface area (Å²) in [4.78, 5) is 15.5. The zero-order valence-corrected chi connectivity index (χ0v) is 11.6. The number of nitrogens with one attached hydrogen (secondary N) is 1. The highest BCUT2D eigenvalue weighted by Gasteiger charge is 2.19. The summed E-state index contributed by atoms with van der Waals surface area (Å²) < 4.78 is 1.86. The highest BCUT2D eigenvalue weighted by Crippen LogP contribution is 2.04. The number of hydrogen-bond donors (Lipinski definition) is 2. The normalized spacial score (nSPS) is 13.2. The lowest BCUT2D eigenvalue weighted by atomic mass is 10.0. The molecule has 0 aliphatic carbocycles. The molecule has 0 saturated carbocycles. The molecule has 3 N–H and O–H groups in total. The van der Waals surface area contributed by atoms with Crippen LogP contribution in [0.3, 0.4) is 0 Å². The van der Waals surface area contributed by atoms with Gasteiger partial charge in [0.2, 0.25) is 5.91 Å². The van der Waals surface area contributed by atoms with Crippen molar-refractivity contribution in [3.63, 3.8) is 0 Å². The fourth-order valence-corrected chi connectivity index (χ4v) is 1.79. The second kappa shape index (κ2) is 6.49. The molecule has 1 unspecified atom stereocenters. The lowest BCUT2D eigenvalue weighted by molar-refractivity contribution is -0.121. The first-order valence-corrected chi connectivity index (χ1v) is 6.31. The molecule has 6 nitrogen and oxygen atoms in total. The van der Waals surface area contributed by atoms with Gasteiger partial charge in [0.15, 0.2) is 0 Å². The van der Waals surface area contributed by atoms with Crippen molar-refractivity contribution in [3.05, 3.63) is 12.2 Å². The first kappa shape index (κ1) is 14.6. The Balaban J connectivity index is 2.62. The van der Waals surface area contributed by atoms with Crippen LogP contribution in [-0.4, -0.2) is 26.7 Å². The van der Waals surface area contributed by atoms with E-state index in [4.69, 9.17) is 5.73 Å². The molecule has 18 heavy (non-hydrogen) atoms. The lowest BCUT2D eigenvalue weighted by Gasteiger charge is -2.19. The minimum absolute atomic E-state index is 0.156. The zero-order chi connectivity index (χ0) is 13.7. The number of aromatic nitrogens is 3. The molecule has 0 bridgehead atoms. The van der Waals surface area contributed by atoms with Crippen molar-refractivity contribution in [2.75, 3.05) is 0 Å². The summed E-state index contributed by atoms with van der Waals surface area (Å²) in [5.74, 6) is 1.15. The van der Waals surface area contributed by atoms with E-state index in [1.165, 1.54) is 6.33 Å². The topological polar surface area (TPSA) is 85.8 Å². The lowest BCUT2D eigenvalue weighted by Crippen LogP contribution is -2.44. The fourth-order valence-electron chi connectivity index (χ4n) is 1.79. The van der Waals surface area contributed by atoms with Crippen LogP contribution in [0.1, 0.15) is 33.5 Å². The zero-order valence-electron chi connectivity index (χ0n) is 11.6. The number of primary amides is 1. The summed E-state index contributed by atoms with van der Waals surface area (Å²) in [6.45, 7) is 9.49. The molecule has 1 aromatic heterocycles. The summed E-state index contributed by atoms with van der Waals surface area (Å²) in [5, 5.41) is 7.31. The van der Waals surface area contributed by atoms with Crippen LogP contribution < -0.4 is 11.1 Å². The van der Waals surface area contributed by atoms with E-state index in [0.717, 1.165) is 12.4 Å². The third kappa shape index (κ3) is 4.10. The number of hydrogen-bond acceptors (Lipinski definition) is 4. The molecule has 1 atom stereocenters. The van der Waals surface area contributed by atoms with Gasteiger partial charge in [-0.05, 0) is 11.8 Å². The molecule has 6 heteroatoms. The summed E-state index contributed by atoms with van der Waals surface area (Å²) in [7, 11) is 0. The van der Waals surface area contributed by atoms with E-state index in [2.05, 4.69) is 29.2 Å². The number of nitrogens with zero attached hydrogens (tertiary/aromatic N) is 3. The van der Waals surface area contributed by atoms with E-state index < -0.39 is 0 Å². The van der Waals surface area contributed by atoms with Crippen LogP contribution in [0.25, 0.3) is 0 Å². The number of carbonyl (C=O) groups excluding carboxylic acids is 1. The van der Waals surface area contributed by atoms with Crippen LogP contribution in [0.2, 0.25) is 0 Å². The largest absolute Gasteiger partial charge is 0.368 e. The molecular formula is C12H23N5O. The van der Waals surface area contributed by atoms with Gasteiger partial charge in [0, 0.05) is 6.54 Å². The monoisotopic (exact) mass is 253 g/mol. The number of amides is 1. The Labute approximate surface area is 108 Å². The second-order valence-corrected chi connectivity index (χ2v) is 5.26. The van der Waals surface area contributed by atoms with Gasteiger partial charge in [0.1, 0.15) is 12.2 Å². The van der Waals surface area contributed by atoms with E-state index in [9.17, 15) is 4.79 Å². The van der Waals surface area contributed by atoms with Crippen molar-refractivity contribution in [1.82, 2.24) is 20.1 Å². The maximum atomic E-state index is 11.3. The van der Waals surface area contributed by atoms with Gasteiger partial charge in [-0.25, -0.2) is 9.67 Å². The van der Waals surface area contributed by atoms with Crippen LogP contribution in [0.4, 0.5) is 0 Å². The van der Waals surface area contributed by atoms with Gasteiger partial charge in [0.25, 0.3) is 0 Å². The average molecular weight is 253 g/mol. The first-order valence-electron chi connectivity index (χ1n) is 6.31.